The molecule has 1 atom stereocenters. The molecule has 1 fully saturated rings. The van der Waals surface area contributed by atoms with Crippen molar-refractivity contribution in [3.8, 4) is 0 Å². The Morgan fingerprint density at radius 2 is 2.23 bits per heavy atom. The molecule has 0 bridgehead atoms. The van der Waals surface area contributed by atoms with Crippen molar-refractivity contribution < 1.29 is 13.2 Å². The molecule has 1 aromatic heterocycles. The number of morpholine rings is 1. The van der Waals surface area contributed by atoms with Crippen LogP contribution in [-0.4, -0.2) is 45.1 Å². The smallest absolute Gasteiger partial charge is 0.279 e. The molecular weight excluding hydrogens is 320 g/mol. The third-order valence-electron chi connectivity index (χ3n) is 3.86. The number of benzene rings is 1. The van der Waals surface area contributed by atoms with Gasteiger partial charge in [0.15, 0.2) is 0 Å². The summed E-state index contributed by atoms with van der Waals surface area (Å²) in [6, 6.07) is 8.08. The molecule has 120 valence electrons. The summed E-state index contributed by atoms with van der Waals surface area (Å²) in [6.07, 6.45) is 0.696. The Morgan fingerprint density at radius 1 is 1.41 bits per heavy atom. The molecule has 0 amide bonds. The first kappa shape index (κ1) is 15.9. The lowest BCUT2D eigenvalue weighted by Gasteiger charge is -2.32. The van der Waals surface area contributed by atoms with Crippen LogP contribution in [0.4, 0.5) is 0 Å². The highest BCUT2D eigenvalue weighted by molar-refractivity contribution is 7.87. The van der Waals surface area contributed by atoms with Gasteiger partial charge in [0.05, 0.1) is 13.2 Å². The van der Waals surface area contributed by atoms with Gasteiger partial charge < -0.3 is 4.74 Å². The standard InChI is InChI=1S/C15H20N2O3S2/c1-12-10-20-9-8-17(12)22(18,19)16-7-6-13-11-21-15-5-3-2-4-14(13)15/h2-5,11-12,16H,6-10H2,1H3/t12-/m0/s1. The summed E-state index contributed by atoms with van der Waals surface area (Å²) >= 11 is 1.70. The molecule has 3 rings (SSSR count). The molecule has 1 N–H and O–H groups in total. The van der Waals surface area contributed by atoms with Crippen LogP contribution in [0.3, 0.4) is 0 Å². The fourth-order valence-electron chi connectivity index (χ4n) is 2.69. The van der Waals surface area contributed by atoms with Crippen LogP contribution in [0.15, 0.2) is 29.6 Å². The van der Waals surface area contributed by atoms with Crippen molar-refractivity contribution in [3.63, 3.8) is 0 Å². The van der Waals surface area contributed by atoms with Gasteiger partial charge in [0, 0.05) is 23.8 Å². The molecule has 5 nitrogen and oxygen atoms in total. The number of thiophene rings is 1. The summed E-state index contributed by atoms with van der Waals surface area (Å²) in [5, 5.41) is 3.32. The van der Waals surface area contributed by atoms with Crippen molar-refractivity contribution in [2.75, 3.05) is 26.3 Å². The number of hydrogen-bond acceptors (Lipinski definition) is 4. The van der Waals surface area contributed by atoms with Crippen LogP contribution in [0.1, 0.15) is 12.5 Å². The average molecular weight is 340 g/mol. The van der Waals surface area contributed by atoms with Crippen LogP contribution in [0.5, 0.6) is 0 Å². The maximum atomic E-state index is 12.3. The van der Waals surface area contributed by atoms with E-state index in [4.69, 9.17) is 4.74 Å². The van der Waals surface area contributed by atoms with Crippen LogP contribution < -0.4 is 4.72 Å². The predicted molar refractivity (Wildman–Crippen MR) is 89.4 cm³/mol. The van der Waals surface area contributed by atoms with E-state index in [1.807, 2.05) is 19.1 Å². The molecule has 0 aliphatic carbocycles. The van der Waals surface area contributed by atoms with E-state index in [0.29, 0.717) is 32.7 Å². The molecule has 0 radical (unpaired) electrons. The van der Waals surface area contributed by atoms with Crippen molar-refractivity contribution in [1.29, 1.82) is 0 Å². The lowest BCUT2D eigenvalue weighted by atomic mass is 10.1. The highest BCUT2D eigenvalue weighted by Crippen LogP contribution is 2.25. The minimum atomic E-state index is -3.43. The average Bonchev–Trinajstić information content (AvgIpc) is 2.91. The van der Waals surface area contributed by atoms with E-state index in [-0.39, 0.29) is 6.04 Å². The van der Waals surface area contributed by atoms with E-state index in [9.17, 15) is 8.42 Å². The van der Waals surface area contributed by atoms with Crippen LogP contribution in [0.25, 0.3) is 10.1 Å². The van der Waals surface area contributed by atoms with Gasteiger partial charge in [0.25, 0.3) is 10.2 Å². The first-order valence-electron chi connectivity index (χ1n) is 7.37. The second-order valence-corrected chi connectivity index (χ2v) is 8.06. The normalized spacial score (nSPS) is 20.5. The molecule has 1 aromatic carbocycles. The van der Waals surface area contributed by atoms with Crippen molar-refractivity contribution in [3.05, 3.63) is 35.2 Å². The third kappa shape index (κ3) is 3.33. The van der Waals surface area contributed by atoms with Gasteiger partial charge in [-0.2, -0.15) is 12.7 Å². The van der Waals surface area contributed by atoms with E-state index in [2.05, 4.69) is 22.2 Å². The van der Waals surface area contributed by atoms with E-state index in [1.165, 1.54) is 20.0 Å². The molecule has 1 aliphatic heterocycles. The number of hydrogen-bond donors (Lipinski definition) is 1. The monoisotopic (exact) mass is 340 g/mol. The van der Waals surface area contributed by atoms with Crippen LogP contribution in [0.2, 0.25) is 0 Å². The van der Waals surface area contributed by atoms with Crippen molar-refractivity contribution in [2.24, 2.45) is 0 Å². The number of nitrogens with zero attached hydrogens (tertiary/aromatic N) is 1. The molecule has 0 saturated carbocycles. The molecule has 1 aliphatic rings. The zero-order valence-corrected chi connectivity index (χ0v) is 14.1. The minimum Gasteiger partial charge on any atom is -0.378 e. The second kappa shape index (κ2) is 6.64. The van der Waals surface area contributed by atoms with Crippen molar-refractivity contribution >= 4 is 31.6 Å². The first-order valence-corrected chi connectivity index (χ1v) is 9.69. The zero-order valence-electron chi connectivity index (χ0n) is 12.5. The van der Waals surface area contributed by atoms with Crippen LogP contribution in [-0.2, 0) is 21.4 Å². The van der Waals surface area contributed by atoms with Gasteiger partial charge in [0.1, 0.15) is 0 Å². The summed E-state index contributed by atoms with van der Waals surface area (Å²) < 4.78 is 35.4. The third-order valence-corrected chi connectivity index (χ3v) is 6.60. The topological polar surface area (TPSA) is 58.6 Å². The predicted octanol–water partition coefficient (Wildman–Crippen LogP) is 2.00. The number of ether oxygens (including phenoxy) is 1. The molecule has 1 saturated heterocycles. The molecule has 2 heterocycles. The van der Waals surface area contributed by atoms with E-state index >= 15 is 0 Å². The zero-order chi connectivity index (χ0) is 15.6. The number of nitrogens with one attached hydrogen (secondary N) is 1. The summed E-state index contributed by atoms with van der Waals surface area (Å²) in [4.78, 5) is 0. The highest BCUT2D eigenvalue weighted by atomic mass is 32.2. The van der Waals surface area contributed by atoms with Gasteiger partial charge in [-0.1, -0.05) is 18.2 Å². The van der Waals surface area contributed by atoms with Crippen molar-refractivity contribution in [2.45, 2.75) is 19.4 Å². The van der Waals surface area contributed by atoms with Crippen molar-refractivity contribution in [1.82, 2.24) is 9.03 Å². The van der Waals surface area contributed by atoms with E-state index in [1.54, 1.807) is 11.3 Å². The Balaban J connectivity index is 1.62. The van der Waals surface area contributed by atoms with E-state index < -0.39 is 10.2 Å². The van der Waals surface area contributed by atoms with Gasteiger partial charge >= 0.3 is 0 Å². The number of fused-ring (bicyclic) bond motifs is 1. The Labute approximate surface area is 135 Å². The summed E-state index contributed by atoms with van der Waals surface area (Å²) in [7, 11) is -3.43. The largest absolute Gasteiger partial charge is 0.378 e. The fourth-order valence-corrected chi connectivity index (χ4v) is 5.07. The summed E-state index contributed by atoms with van der Waals surface area (Å²) in [5.74, 6) is 0. The van der Waals surface area contributed by atoms with Crippen LogP contribution >= 0.6 is 11.3 Å². The van der Waals surface area contributed by atoms with Gasteiger partial charge in [0.2, 0.25) is 0 Å². The number of rotatable bonds is 5. The Kier molecular flexibility index (Phi) is 4.79. The molecule has 0 unspecified atom stereocenters. The lowest BCUT2D eigenvalue weighted by molar-refractivity contribution is 0.0387. The quantitative estimate of drug-likeness (QED) is 0.906. The molecule has 7 heteroatoms. The van der Waals surface area contributed by atoms with Crippen LogP contribution in [0, 0.1) is 0 Å². The second-order valence-electron chi connectivity index (χ2n) is 5.44. The minimum absolute atomic E-state index is 0.117. The summed E-state index contributed by atoms with van der Waals surface area (Å²) in [5.41, 5.74) is 1.19. The molecular formula is C15H20N2O3S2. The maximum Gasteiger partial charge on any atom is 0.279 e. The lowest BCUT2D eigenvalue weighted by Crippen LogP contribution is -2.51. The molecule has 22 heavy (non-hydrogen) atoms. The molecule has 2 aromatic rings. The maximum absolute atomic E-state index is 12.3. The SMILES string of the molecule is C[C@H]1COCCN1S(=O)(=O)NCCc1csc2ccccc12. The van der Waals surface area contributed by atoms with Gasteiger partial charge in [-0.15, -0.1) is 11.3 Å². The fraction of sp³-hybridized carbons (Fsp3) is 0.467. The van der Waals surface area contributed by atoms with Gasteiger partial charge in [-0.05, 0) is 35.7 Å². The molecule has 0 spiro atoms. The van der Waals surface area contributed by atoms with Gasteiger partial charge in [-0.25, -0.2) is 4.72 Å². The van der Waals surface area contributed by atoms with Gasteiger partial charge in [-0.3, -0.25) is 0 Å². The summed E-state index contributed by atoms with van der Waals surface area (Å²) in [6.45, 7) is 3.60. The first-order chi connectivity index (χ1) is 10.6. The Morgan fingerprint density at radius 3 is 3.05 bits per heavy atom. The highest BCUT2D eigenvalue weighted by Gasteiger charge is 2.29. The Bertz CT molecular complexity index is 742. The van der Waals surface area contributed by atoms with E-state index in [0.717, 1.165) is 0 Å². The Hall–Kier alpha value is -0.990.